The second-order valence-corrected chi connectivity index (χ2v) is 5.76. The van der Waals surface area contributed by atoms with E-state index in [2.05, 4.69) is 26.1 Å². The van der Waals surface area contributed by atoms with E-state index in [1.807, 2.05) is 0 Å². The summed E-state index contributed by atoms with van der Waals surface area (Å²) in [6.07, 6.45) is 2.39. The first-order chi connectivity index (χ1) is 6.39. The van der Waals surface area contributed by atoms with Gasteiger partial charge in [0.1, 0.15) is 0 Å². The highest BCUT2D eigenvalue weighted by Gasteiger charge is 2.29. The number of nitrogens with one attached hydrogen (secondary N) is 1. The van der Waals surface area contributed by atoms with E-state index in [9.17, 15) is 4.39 Å². The van der Waals surface area contributed by atoms with Crippen LogP contribution in [0.5, 0.6) is 0 Å². The Hall–Kier alpha value is -0.110. The third-order valence-corrected chi connectivity index (χ3v) is 3.35. The second kappa shape index (κ2) is 4.61. The van der Waals surface area contributed by atoms with Crippen molar-refractivity contribution < 1.29 is 4.39 Å². The first-order valence-corrected chi connectivity index (χ1v) is 5.77. The van der Waals surface area contributed by atoms with Crippen molar-refractivity contribution in [2.75, 3.05) is 6.54 Å². The van der Waals surface area contributed by atoms with Crippen molar-refractivity contribution in [2.24, 2.45) is 11.3 Å². The van der Waals surface area contributed by atoms with Gasteiger partial charge in [-0.2, -0.15) is 0 Å². The molecule has 0 aliphatic carbocycles. The maximum absolute atomic E-state index is 12.8. The quantitative estimate of drug-likeness (QED) is 0.723. The molecule has 0 aromatic heterocycles. The highest BCUT2D eigenvalue weighted by atomic mass is 19.1. The van der Waals surface area contributed by atoms with Crippen LogP contribution in [0.15, 0.2) is 0 Å². The fourth-order valence-corrected chi connectivity index (χ4v) is 2.25. The molecule has 1 aliphatic rings. The van der Waals surface area contributed by atoms with Crippen LogP contribution < -0.4 is 5.32 Å². The molecular formula is C12H24FN. The molecule has 1 rings (SSSR count). The van der Waals surface area contributed by atoms with Crippen molar-refractivity contribution >= 4 is 0 Å². The molecule has 0 bridgehead atoms. The minimum absolute atomic E-state index is 0.388. The minimum Gasteiger partial charge on any atom is -0.314 e. The molecule has 2 heteroatoms. The molecule has 0 amide bonds. The summed E-state index contributed by atoms with van der Waals surface area (Å²) in [4.78, 5) is 0. The van der Waals surface area contributed by atoms with Crippen molar-refractivity contribution in [1.29, 1.82) is 0 Å². The van der Waals surface area contributed by atoms with Gasteiger partial charge in [-0.25, -0.2) is 4.39 Å². The SMILES string of the molecule is CC(F)CC1CCC(C(C)(C)C)CN1. The van der Waals surface area contributed by atoms with E-state index in [0.29, 0.717) is 17.9 Å². The van der Waals surface area contributed by atoms with Gasteiger partial charge in [0.25, 0.3) is 0 Å². The zero-order valence-corrected chi connectivity index (χ0v) is 9.94. The van der Waals surface area contributed by atoms with Crippen LogP contribution in [0, 0.1) is 11.3 Å². The zero-order chi connectivity index (χ0) is 10.8. The Morgan fingerprint density at radius 3 is 2.36 bits per heavy atom. The predicted octanol–water partition coefficient (Wildman–Crippen LogP) is 3.15. The molecule has 1 fully saturated rings. The van der Waals surface area contributed by atoms with Crippen LogP contribution in [0.4, 0.5) is 4.39 Å². The van der Waals surface area contributed by atoms with Crippen molar-refractivity contribution in [3.05, 3.63) is 0 Å². The van der Waals surface area contributed by atoms with Gasteiger partial charge in [0.2, 0.25) is 0 Å². The Bertz CT molecular complexity index is 164. The van der Waals surface area contributed by atoms with Crippen LogP contribution in [0.25, 0.3) is 0 Å². The predicted molar refractivity (Wildman–Crippen MR) is 59.2 cm³/mol. The molecule has 0 aromatic rings. The van der Waals surface area contributed by atoms with Gasteiger partial charge in [0.15, 0.2) is 0 Å². The minimum atomic E-state index is -0.668. The lowest BCUT2D eigenvalue weighted by Gasteiger charge is -2.37. The van der Waals surface area contributed by atoms with Gasteiger partial charge >= 0.3 is 0 Å². The van der Waals surface area contributed by atoms with E-state index < -0.39 is 6.17 Å². The molecule has 3 atom stereocenters. The number of alkyl halides is 1. The van der Waals surface area contributed by atoms with Gasteiger partial charge in [-0.3, -0.25) is 0 Å². The van der Waals surface area contributed by atoms with Crippen LogP contribution in [0.1, 0.15) is 47.0 Å². The van der Waals surface area contributed by atoms with Gasteiger partial charge < -0.3 is 5.32 Å². The fraction of sp³-hybridized carbons (Fsp3) is 1.00. The zero-order valence-electron chi connectivity index (χ0n) is 9.94. The molecule has 1 nitrogen and oxygen atoms in total. The number of rotatable bonds is 2. The van der Waals surface area contributed by atoms with Crippen LogP contribution in [-0.4, -0.2) is 18.8 Å². The maximum atomic E-state index is 12.8. The first kappa shape index (κ1) is 12.0. The Kier molecular flexibility index (Phi) is 3.94. The Morgan fingerprint density at radius 1 is 1.36 bits per heavy atom. The molecule has 0 spiro atoms. The molecule has 14 heavy (non-hydrogen) atoms. The Balaban J connectivity index is 2.31. The fourth-order valence-electron chi connectivity index (χ4n) is 2.25. The largest absolute Gasteiger partial charge is 0.314 e. The third kappa shape index (κ3) is 3.56. The molecule has 1 heterocycles. The summed E-state index contributed by atoms with van der Waals surface area (Å²) in [6, 6.07) is 0.411. The van der Waals surface area contributed by atoms with E-state index in [1.54, 1.807) is 6.92 Å². The maximum Gasteiger partial charge on any atom is 0.0988 e. The molecule has 1 N–H and O–H groups in total. The molecule has 1 saturated heterocycles. The highest BCUT2D eigenvalue weighted by molar-refractivity contribution is 4.84. The van der Waals surface area contributed by atoms with Gasteiger partial charge in [-0.1, -0.05) is 20.8 Å². The Labute approximate surface area is 87.5 Å². The van der Waals surface area contributed by atoms with E-state index in [4.69, 9.17) is 0 Å². The smallest absolute Gasteiger partial charge is 0.0988 e. The molecule has 0 radical (unpaired) electrons. The summed E-state index contributed by atoms with van der Waals surface area (Å²) >= 11 is 0. The average Bonchev–Trinajstić information content (AvgIpc) is 2.02. The van der Waals surface area contributed by atoms with Gasteiger partial charge in [-0.05, 0) is 44.1 Å². The van der Waals surface area contributed by atoms with Gasteiger partial charge in [0.05, 0.1) is 6.17 Å². The summed E-state index contributed by atoms with van der Waals surface area (Å²) in [6.45, 7) is 9.57. The van der Waals surface area contributed by atoms with Gasteiger partial charge in [0, 0.05) is 6.04 Å². The molecule has 0 saturated carbocycles. The molecular weight excluding hydrogens is 177 g/mol. The molecule has 0 aromatic carbocycles. The Morgan fingerprint density at radius 2 is 2.00 bits per heavy atom. The van der Waals surface area contributed by atoms with E-state index >= 15 is 0 Å². The summed E-state index contributed by atoms with van der Waals surface area (Å²) in [5.74, 6) is 0.744. The summed E-state index contributed by atoms with van der Waals surface area (Å²) in [5, 5.41) is 3.47. The second-order valence-electron chi connectivity index (χ2n) is 5.76. The summed E-state index contributed by atoms with van der Waals surface area (Å²) in [5.41, 5.74) is 0.388. The third-order valence-electron chi connectivity index (χ3n) is 3.35. The number of hydrogen-bond donors (Lipinski definition) is 1. The normalized spacial score (nSPS) is 31.5. The van der Waals surface area contributed by atoms with E-state index in [-0.39, 0.29) is 0 Å². The van der Waals surface area contributed by atoms with E-state index in [1.165, 1.54) is 6.42 Å². The lowest BCUT2D eigenvalue weighted by Crippen LogP contribution is -2.44. The topological polar surface area (TPSA) is 12.0 Å². The lowest BCUT2D eigenvalue weighted by atomic mass is 9.75. The molecule has 3 unspecified atom stereocenters. The van der Waals surface area contributed by atoms with Crippen molar-refractivity contribution in [3.8, 4) is 0 Å². The monoisotopic (exact) mass is 201 g/mol. The summed E-state index contributed by atoms with van der Waals surface area (Å²) in [7, 11) is 0. The van der Waals surface area contributed by atoms with Crippen LogP contribution in [0.2, 0.25) is 0 Å². The summed E-state index contributed by atoms with van der Waals surface area (Å²) < 4.78 is 12.8. The standard InChI is InChI=1S/C12H24FN/c1-9(13)7-11-6-5-10(8-14-11)12(2,3)4/h9-11,14H,5-8H2,1-4H3. The lowest BCUT2D eigenvalue weighted by molar-refractivity contribution is 0.157. The first-order valence-electron chi connectivity index (χ1n) is 5.77. The number of hydrogen-bond acceptors (Lipinski definition) is 1. The van der Waals surface area contributed by atoms with Crippen molar-refractivity contribution in [1.82, 2.24) is 5.32 Å². The highest BCUT2D eigenvalue weighted by Crippen LogP contribution is 2.32. The van der Waals surface area contributed by atoms with Crippen molar-refractivity contribution in [3.63, 3.8) is 0 Å². The van der Waals surface area contributed by atoms with Gasteiger partial charge in [-0.15, -0.1) is 0 Å². The number of halogens is 1. The van der Waals surface area contributed by atoms with E-state index in [0.717, 1.165) is 18.9 Å². The van der Waals surface area contributed by atoms with Crippen LogP contribution in [-0.2, 0) is 0 Å². The average molecular weight is 201 g/mol. The van der Waals surface area contributed by atoms with Crippen LogP contribution in [0.3, 0.4) is 0 Å². The molecule has 84 valence electrons. The molecule has 1 aliphatic heterocycles. The number of piperidine rings is 1. The van der Waals surface area contributed by atoms with Crippen LogP contribution >= 0.6 is 0 Å². The van der Waals surface area contributed by atoms with Crippen molar-refractivity contribution in [2.45, 2.75) is 59.2 Å².